The summed E-state index contributed by atoms with van der Waals surface area (Å²) < 4.78 is 6.51. The second kappa shape index (κ2) is 6.83. The van der Waals surface area contributed by atoms with Gasteiger partial charge in [0.1, 0.15) is 0 Å². The van der Waals surface area contributed by atoms with Gasteiger partial charge in [0.05, 0.1) is 17.3 Å². The fourth-order valence-electron chi connectivity index (χ4n) is 8.43. The van der Waals surface area contributed by atoms with E-state index in [1.54, 1.807) is 5.57 Å². The molecule has 1 spiro atoms. The third-order valence-electron chi connectivity index (χ3n) is 10.3. The molecule has 5 fully saturated rings. The first kappa shape index (κ1) is 20.6. The maximum absolute atomic E-state index is 11.0. The van der Waals surface area contributed by atoms with Crippen LogP contribution in [0.3, 0.4) is 0 Å². The summed E-state index contributed by atoms with van der Waals surface area (Å²) in [6.45, 7) is 12.0. The third-order valence-corrected chi connectivity index (χ3v) is 10.3. The van der Waals surface area contributed by atoms with Gasteiger partial charge in [0, 0.05) is 5.41 Å². The average Bonchev–Trinajstić information content (AvgIpc) is 3.16. The first-order chi connectivity index (χ1) is 13.6. The Morgan fingerprint density at radius 1 is 1.00 bits per heavy atom. The molecule has 1 heterocycles. The van der Waals surface area contributed by atoms with Crippen molar-refractivity contribution in [2.24, 2.45) is 28.6 Å². The lowest BCUT2D eigenvalue weighted by molar-refractivity contribution is -0.00974. The van der Waals surface area contributed by atoms with E-state index in [0.717, 1.165) is 37.0 Å². The summed E-state index contributed by atoms with van der Waals surface area (Å²) in [6, 6.07) is 0. The van der Waals surface area contributed by atoms with Crippen LogP contribution in [0.1, 0.15) is 111 Å². The van der Waals surface area contributed by atoms with Gasteiger partial charge in [0.25, 0.3) is 0 Å². The molecule has 0 bridgehead atoms. The van der Waals surface area contributed by atoms with Crippen LogP contribution in [-0.2, 0) is 4.74 Å². The van der Waals surface area contributed by atoms with Crippen LogP contribution in [0.25, 0.3) is 0 Å². The first-order valence-corrected chi connectivity index (χ1v) is 12.7. The van der Waals surface area contributed by atoms with Gasteiger partial charge >= 0.3 is 0 Å². The zero-order valence-electron chi connectivity index (χ0n) is 19.3. The Kier molecular flexibility index (Phi) is 4.84. The number of hydrogen-bond donors (Lipinski definition) is 1. The molecule has 1 aliphatic heterocycles. The fourth-order valence-corrected chi connectivity index (χ4v) is 8.43. The van der Waals surface area contributed by atoms with Crippen LogP contribution in [-0.4, -0.2) is 22.4 Å². The minimum Gasteiger partial charge on any atom is -0.390 e. The van der Waals surface area contributed by atoms with Crippen molar-refractivity contribution in [3.05, 3.63) is 12.2 Å². The lowest BCUT2D eigenvalue weighted by atomic mass is 9.52. The second-order valence-corrected chi connectivity index (χ2v) is 12.9. The molecule has 6 atom stereocenters. The topological polar surface area (TPSA) is 32.8 Å². The van der Waals surface area contributed by atoms with Crippen LogP contribution < -0.4 is 0 Å². The predicted octanol–water partition coefficient (Wildman–Crippen LogP) is 6.81. The Balaban J connectivity index is 1.28. The highest BCUT2D eigenvalue weighted by Crippen LogP contribution is 2.66. The summed E-state index contributed by atoms with van der Waals surface area (Å²) in [5.74, 6) is 2.34. The van der Waals surface area contributed by atoms with Crippen LogP contribution in [0.4, 0.5) is 0 Å². The van der Waals surface area contributed by atoms with Crippen molar-refractivity contribution in [3.63, 3.8) is 0 Å². The summed E-state index contributed by atoms with van der Waals surface area (Å²) in [6.07, 6.45) is 17.6. The second-order valence-electron chi connectivity index (χ2n) is 12.9. The summed E-state index contributed by atoms with van der Waals surface area (Å²) in [4.78, 5) is 0. The van der Waals surface area contributed by atoms with Crippen molar-refractivity contribution in [2.75, 3.05) is 0 Å². The molecule has 0 aromatic carbocycles. The van der Waals surface area contributed by atoms with Gasteiger partial charge in [0.2, 0.25) is 0 Å². The molecule has 2 nitrogen and oxygen atoms in total. The van der Waals surface area contributed by atoms with E-state index in [4.69, 9.17) is 4.74 Å². The maximum atomic E-state index is 11.0. The van der Waals surface area contributed by atoms with Gasteiger partial charge in [-0.05, 0) is 101 Å². The molecule has 164 valence electrons. The molecule has 1 saturated heterocycles. The molecule has 1 N–H and O–H groups in total. The van der Waals surface area contributed by atoms with E-state index in [9.17, 15) is 5.11 Å². The van der Waals surface area contributed by atoms with Crippen LogP contribution in [0, 0.1) is 28.6 Å². The number of fused-ring (bicyclic) bond motifs is 3. The van der Waals surface area contributed by atoms with Gasteiger partial charge in [-0.1, -0.05) is 45.3 Å². The highest BCUT2D eigenvalue weighted by Gasteiger charge is 2.65. The SMILES string of the molecule is C=C1C[C@@]2(CC[C@@H](CCC3(O)CCCCC3)C2)[C@@H]2O[C@]2(C)CC[C@@H]2[C@@H]1CC2(C)C. The molecular formula is C27H44O2. The standard InChI is InChI=1S/C27H44O2/c1-19-16-26(14-8-20(17-26)9-15-27(28)11-6-5-7-12-27)23-25(4,29-23)13-10-22-21(19)18-24(22,2)3/h20-23,28H,1,5-18H2,2-4H3/t20-,21+,22+,23+,25+,26+/m0/s1. The highest BCUT2D eigenvalue weighted by molar-refractivity contribution is 5.22. The molecule has 0 aromatic heterocycles. The van der Waals surface area contributed by atoms with E-state index in [0.29, 0.717) is 16.9 Å². The Morgan fingerprint density at radius 2 is 1.76 bits per heavy atom. The third kappa shape index (κ3) is 3.55. The van der Waals surface area contributed by atoms with E-state index in [1.165, 1.54) is 70.6 Å². The van der Waals surface area contributed by atoms with Crippen LogP contribution >= 0.6 is 0 Å². The normalized spacial score (nSPS) is 48.1. The van der Waals surface area contributed by atoms with Crippen molar-refractivity contribution in [1.29, 1.82) is 0 Å². The molecule has 0 amide bonds. The van der Waals surface area contributed by atoms with E-state index in [2.05, 4.69) is 27.4 Å². The highest BCUT2D eigenvalue weighted by atomic mass is 16.6. The van der Waals surface area contributed by atoms with Gasteiger partial charge in [-0.3, -0.25) is 0 Å². The molecule has 0 aromatic rings. The number of rotatable bonds is 3. The van der Waals surface area contributed by atoms with Crippen molar-refractivity contribution < 1.29 is 9.84 Å². The molecule has 4 saturated carbocycles. The Morgan fingerprint density at radius 3 is 2.48 bits per heavy atom. The average molecular weight is 401 g/mol. The smallest absolute Gasteiger partial charge is 0.0930 e. The van der Waals surface area contributed by atoms with E-state index >= 15 is 0 Å². The van der Waals surface area contributed by atoms with Crippen molar-refractivity contribution in [2.45, 2.75) is 128 Å². The van der Waals surface area contributed by atoms with Gasteiger partial charge in [-0.15, -0.1) is 0 Å². The zero-order chi connectivity index (χ0) is 20.5. The Labute approximate surface area is 178 Å². The summed E-state index contributed by atoms with van der Waals surface area (Å²) in [7, 11) is 0. The zero-order valence-corrected chi connectivity index (χ0v) is 19.3. The minimum atomic E-state index is -0.356. The molecule has 5 rings (SSSR count). The summed E-state index contributed by atoms with van der Waals surface area (Å²) >= 11 is 0. The molecule has 5 aliphatic rings. The lowest BCUT2D eigenvalue weighted by Crippen LogP contribution is -2.45. The van der Waals surface area contributed by atoms with Gasteiger partial charge in [-0.25, -0.2) is 0 Å². The number of hydrogen-bond acceptors (Lipinski definition) is 2. The van der Waals surface area contributed by atoms with Crippen LogP contribution in [0.15, 0.2) is 12.2 Å². The minimum absolute atomic E-state index is 0.122. The Hall–Kier alpha value is -0.340. The summed E-state index contributed by atoms with van der Waals surface area (Å²) in [5, 5.41) is 11.0. The molecule has 0 unspecified atom stereocenters. The summed E-state index contributed by atoms with van der Waals surface area (Å²) in [5.41, 5.74) is 2.13. The number of epoxide rings is 1. The Bertz CT molecular complexity index is 659. The molecule has 0 radical (unpaired) electrons. The number of ether oxygens (including phenoxy) is 1. The van der Waals surface area contributed by atoms with E-state index in [-0.39, 0.29) is 11.2 Å². The maximum Gasteiger partial charge on any atom is 0.0930 e. The van der Waals surface area contributed by atoms with Gasteiger partial charge in [0.15, 0.2) is 0 Å². The lowest BCUT2D eigenvalue weighted by Gasteiger charge is -2.53. The molecular weight excluding hydrogens is 356 g/mol. The fraction of sp³-hybridized carbons (Fsp3) is 0.926. The predicted molar refractivity (Wildman–Crippen MR) is 119 cm³/mol. The monoisotopic (exact) mass is 400 g/mol. The van der Waals surface area contributed by atoms with Crippen molar-refractivity contribution in [1.82, 2.24) is 0 Å². The van der Waals surface area contributed by atoms with Gasteiger partial charge in [-0.2, -0.15) is 0 Å². The van der Waals surface area contributed by atoms with E-state index in [1.807, 2.05) is 0 Å². The van der Waals surface area contributed by atoms with Gasteiger partial charge < -0.3 is 9.84 Å². The van der Waals surface area contributed by atoms with Crippen molar-refractivity contribution >= 4 is 0 Å². The van der Waals surface area contributed by atoms with E-state index < -0.39 is 0 Å². The quantitative estimate of drug-likeness (QED) is 0.417. The molecule has 29 heavy (non-hydrogen) atoms. The number of allylic oxidation sites excluding steroid dienone is 1. The van der Waals surface area contributed by atoms with Crippen LogP contribution in [0.5, 0.6) is 0 Å². The number of aliphatic hydroxyl groups is 1. The first-order valence-electron chi connectivity index (χ1n) is 12.7. The molecule has 4 aliphatic carbocycles. The van der Waals surface area contributed by atoms with Crippen molar-refractivity contribution in [3.8, 4) is 0 Å². The van der Waals surface area contributed by atoms with Crippen LogP contribution in [0.2, 0.25) is 0 Å². The molecule has 2 heteroatoms. The largest absolute Gasteiger partial charge is 0.390 e.